The molecule has 2 aromatic rings. The zero-order valence-corrected chi connectivity index (χ0v) is 17.8. The lowest BCUT2D eigenvalue weighted by Gasteiger charge is -2.14. The molecule has 0 bridgehead atoms. The van der Waals surface area contributed by atoms with Gasteiger partial charge in [0.05, 0.1) is 33.6 Å². The van der Waals surface area contributed by atoms with Crippen molar-refractivity contribution in [1.82, 2.24) is 20.4 Å². The van der Waals surface area contributed by atoms with Crippen LogP contribution in [-0.4, -0.2) is 43.6 Å². The van der Waals surface area contributed by atoms with E-state index in [9.17, 15) is 0 Å². The van der Waals surface area contributed by atoms with Crippen LogP contribution in [0.1, 0.15) is 29.4 Å². The molecule has 2 N–H and O–H groups in total. The summed E-state index contributed by atoms with van der Waals surface area (Å²) in [5, 5.41) is 11.1. The maximum absolute atomic E-state index is 5.41. The Bertz CT molecular complexity index is 804. The summed E-state index contributed by atoms with van der Waals surface area (Å²) in [5.41, 5.74) is 4.31. The highest BCUT2D eigenvalue weighted by Crippen LogP contribution is 2.38. The lowest BCUT2D eigenvalue weighted by atomic mass is 10.2. The van der Waals surface area contributed by atoms with E-state index in [0.717, 1.165) is 29.5 Å². The van der Waals surface area contributed by atoms with Gasteiger partial charge in [-0.2, -0.15) is 5.10 Å². The minimum absolute atomic E-state index is 0.469. The fourth-order valence-electron chi connectivity index (χ4n) is 2.98. The van der Waals surface area contributed by atoms with Crippen LogP contribution in [0.15, 0.2) is 17.1 Å². The van der Waals surface area contributed by atoms with Crippen molar-refractivity contribution in [3.05, 3.63) is 34.6 Å². The smallest absolute Gasteiger partial charge is 0.203 e. The number of nitrogens with zero attached hydrogens (tertiary/aromatic N) is 3. The molecule has 8 nitrogen and oxygen atoms in total. The monoisotopic (exact) mass is 389 g/mol. The van der Waals surface area contributed by atoms with Gasteiger partial charge in [0.1, 0.15) is 0 Å². The largest absolute Gasteiger partial charge is 0.493 e. The number of rotatable bonds is 8. The second kappa shape index (κ2) is 9.87. The summed E-state index contributed by atoms with van der Waals surface area (Å²) in [4.78, 5) is 4.69. The number of aliphatic imine (C=N–C) groups is 1. The Morgan fingerprint density at radius 1 is 1.07 bits per heavy atom. The summed E-state index contributed by atoms with van der Waals surface area (Å²) in [6.45, 7) is 8.02. The molecule has 28 heavy (non-hydrogen) atoms. The summed E-state index contributed by atoms with van der Waals surface area (Å²) >= 11 is 0. The molecular formula is C20H31N5O3. The molecule has 0 radical (unpaired) electrons. The Morgan fingerprint density at radius 2 is 1.71 bits per heavy atom. The molecule has 0 aliphatic heterocycles. The molecule has 0 aliphatic carbocycles. The molecule has 0 aliphatic rings. The second-order valence-corrected chi connectivity index (χ2v) is 6.36. The van der Waals surface area contributed by atoms with Gasteiger partial charge in [0.15, 0.2) is 17.5 Å². The lowest BCUT2D eigenvalue weighted by Crippen LogP contribution is -2.37. The molecule has 1 aromatic heterocycles. The Balaban J connectivity index is 2.18. The van der Waals surface area contributed by atoms with Gasteiger partial charge in [-0.15, -0.1) is 0 Å². The van der Waals surface area contributed by atoms with E-state index in [1.54, 1.807) is 21.3 Å². The summed E-state index contributed by atoms with van der Waals surface area (Å²) in [6, 6.07) is 3.81. The molecule has 0 saturated carbocycles. The molecule has 0 fully saturated rings. The van der Waals surface area contributed by atoms with Crippen LogP contribution in [0.2, 0.25) is 0 Å². The van der Waals surface area contributed by atoms with Gasteiger partial charge in [-0.05, 0) is 38.5 Å². The quantitative estimate of drug-likeness (QED) is 0.533. The Morgan fingerprint density at radius 3 is 2.18 bits per heavy atom. The molecule has 1 aromatic carbocycles. The number of aryl methyl sites for hydroxylation is 2. The fourth-order valence-corrected chi connectivity index (χ4v) is 2.98. The lowest BCUT2D eigenvalue weighted by molar-refractivity contribution is 0.324. The Kier molecular flexibility index (Phi) is 7.54. The molecule has 0 spiro atoms. The first-order valence-electron chi connectivity index (χ1n) is 9.25. The van der Waals surface area contributed by atoms with Gasteiger partial charge in [0.25, 0.3) is 0 Å². The van der Waals surface area contributed by atoms with Crippen LogP contribution >= 0.6 is 0 Å². The molecule has 2 rings (SSSR count). The number of guanidine groups is 1. The number of aromatic nitrogens is 2. The first-order valence-corrected chi connectivity index (χ1v) is 9.25. The van der Waals surface area contributed by atoms with Crippen molar-refractivity contribution in [2.45, 2.75) is 33.9 Å². The van der Waals surface area contributed by atoms with E-state index in [4.69, 9.17) is 14.2 Å². The third kappa shape index (κ3) is 4.88. The molecule has 1 heterocycles. The number of methoxy groups -OCH3 is 3. The molecular weight excluding hydrogens is 358 g/mol. The van der Waals surface area contributed by atoms with Crippen molar-refractivity contribution >= 4 is 5.96 Å². The van der Waals surface area contributed by atoms with Crippen molar-refractivity contribution in [3.63, 3.8) is 0 Å². The van der Waals surface area contributed by atoms with Crippen molar-refractivity contribution in [1.29, 1.82) is 0 Å². The van der Waals surface area contributed by atoms with E-state index in [-0.39, 0.29) is 0 Å². The van der Waals surface area contributed by atoms with E-state index < -0.39 is 0 Å². The summed E-state index contributed by atoms with van der Waals surface area (Å²) in [6.07, 6.45) is 0. The highest BCUT2D eigenvalue weighted by molar-refractivity contribution is 5.79. The average Bonchev–Trinajstić information content (AvgIpc) is 2.94. The predicted molar refractivity (Wildman–Crippen MR) is 110 cm³/mol. The van der Waals surface area contributed by atoms with Crippen molar-refractivity contribution in [2.75, 3.05) is 27.9 Å². The van der Waals surface area contributed by atoms with Crippen molar-refractivity contribution in [2.24, 2.45) is 12.0 Å². The number of hydrogen-bond acceptors (Lipinski definition) is 5. The van der Waals surface area contributed by atoms with Gasteiger partial charge in [-0.25, -0.2) is 4.99 Å². The molecule has 0 amide bonds. The van der Waals surface area contributed by atoms with Crippen LogP contribution in [0.4, 0.5) is 0 Å². The predicted octanol–water partition coefficient (Wildman–Crippen LogP) is 2.32. The highest BCUT2D eigenvalue weighted by Gasteiger charge is 2.13. The molecule has 154 valence electrons. The van der Waals surface area contributed by atoms with Gasteiger partial charge >= 0.3 is 0 Å². The van der Waals surface area contributed by atoms with Crippen LogP contribution in [0.3, 0.4) is 0 Å². The van der Waals surface area contributed by atoms with Gasteiger partial charge in [-0.3, -0.25) is 4.68 Å². The van der Waals surface area contributed by atoms with Gasteiger partial charge < -0.3 is 24.8 Å². The fraction of sp³-hybridized carbons (Fsp3) is 0.500. The number of hydrogen-bond donors (Lipinski definition) is 2. The number of ether oxygens (including phenoxy) is 3. The van der Waals surface area contributed by atoms with Crippen LogP contribution < -0.4 is 24.8 Å². The van der Waals surface area contributed by atoms with E-state index in [0.29, 0.717) is 30.3 Å². The number of benzene rings is 1. The number of nitrogens with one attached hydrogen (secondary N) is 2. The Hall–Kier alpha value is -2.90. The van der Waals surface area contributed by atoms with Crippen molar-refractivity contribution in [3.8, 4) is 17.2 Å². The van der Waals surface area contributed by atoms with Crippen LogP contribution in [-0.2, 0) is 20.1 Å². The normalized spacial score (nSPS) is 11.3. The third-order valence-corrected chi connectivity index (χ3v) is 4.58. The van der Waals surface area contributed by atoms with Crippen LogP contribution in [0.5, 0.6) is 17.2 Å². The van der Waals surface area contributed by atoms with E-state index in [1.807, 2.05) is 37.7 Å². The maximum atomic E-state index is 5.41. The summed E-state index contributed by atoms with van der Waals surface area (Å²) in [5.74, 6) is 2.54. The first-order chi connectivity index (χ1) is 13.4. The minimum atomic E-state index is 0.469. The van der Waals surface area contributed by atoms with E-state index >= 15 is 0 Å². The molecule has 0 atom stereocenters. The topological polar surface area (TPSA) is 81.9 Å². The zero-order chi connectivity index (χ0) is 20.7. The van der Waals surface area contributed by atoms with Crippen molar-refractivity contribution < 1.29 is 14.2 Å². The van der Waals surface area contributed by atoms with Gasteiger partial charge in [0, 0.05) is 31.4 Å². The van der Waals surface area contributed by atoms with Gasteiger partial charge in [0.2, 0.25) is 5.75 Å². The van der Waals surface area contributed by atoms with Crippen LogP contribution in [0, 0.1) is 13.8 Å². The standard InChI is InChI=1S/C20H31N5O3/c1-8-21-20(23-12-16-13(2)24-25(4)14(16)3)22-11-15-9-17(26-5)19(28-7)18(10-15)27-6/h9-10H,8,11-12H2,1-7H3,(H2,21,22,23). The average molecular weight is 390 g/mol. The summed E-state index contributed by atoms with van der Waals surface area (Å²) in [7, 11) is 6.76. The van der Waals surface area contributed by atoms with Crippen LogP contribution in [0.25, 0.3) is 0 Å². The molecule has 8 heteroatoms. The minimum Gasteiger partial charge on any atom is -0.493 e. The Labute approximate surface area is 166 Å². The van der Waals surface area contributed by atoms with E-state index in [1.165, 1.54) is 5.56 Å². The first kappa shape index (κ1) is 21.4. The summed E-state index contributed by atoms with van der Waals surface area (Å²) < 4.78 is 18.1. The second-order valence-electron chi connectivity index (χ2n) is 6.36. The third-order valence-electron chi connectivity index (χ3n) is 4.58. The highest BCUT2D eigenvalue weighted by atomic mass is 16.5. The zero-order valence-electron chi connectivity index (χ0n) is 17.8. The van der Waals surface area contributed by atoms with E-state index in [2.05, 4.69) is 27.6 Å². The maximum Gasteiger partial charge on any atom is 0.203 e. The SMILES string of the molecule is CCNC(=NCc1cc(OC)c(OC)c(OC)c1)NCc1c(C)nn(C)c1C. The van der Waals surface area contributed by atoms with Gasteiger partial charge in [-0.1, -0.05) is 0 Å². The molecule has 0 unspecified atom stereocenters. The molecule has 0 saturated heterocycles.